The maximum Gasteiger partial charge on any atom is 0.264 e. The summed E-state index contributed by atoms with van der Waals surface area (Å²) in [7, 11) is -4.26. The molecule has 4 aromatic carbocycles. The second kappa shape index (κ2) is 17.5. The van der Waals surface area contributed by atoms with Gasteiger partial charge in [-0.25, -0.2) is 8.42 Å². The van der Waals surface area contributed by atoms with E-state index in [1.165, 1.54) is 28.8 Å². The highest BCUT2D eigenvalue weighted by Gasteiger charge is 2.36. The van der Waals surface area contributed by atoms with Gasteiger partial charge >= 0.3 is 0 Å². The van der Waals surface area contributed by atoms with Crippen molar-refractivity contribution in [1.82, 2.24) is 10.2 Å². The number of anilines is 1. The molecule has 0 heterocycles. The number of rotatable bonds is 15. The van der Waals surface area contributed by atoms with Gasteiger partial charge in [-0.15, -0.1) is 11.8 Å². The highest BCUT2D eigenvalue weighted by Crippen LogP contribution is 2.31. The summed E-state index contributed by atoms with van der Waals surface area (Å²) in [5, 5.41) is 3.83. The predicted molar refractivity (Wildman–Crippen MR) is 202 cm³/mol. The standard InChI is InChI=1S/C38H41Cl2N3O5S2/c1-3-48-30-18-16-29(17-19-30)43(50(46,47)32-22-20-31(49-2)21-23-32)26-37(44)42(25-33-34(39)14-9-15-35(33)40)36(24-27-10-5-4-6-11-27)38(45)41-28-12-7-8-13-28/h4-6,9-11,14-23,28,36H,3,7-8,12-13,24-26H2,1-2H3,(H,41,45)/t36-/m0/s1. The van der Waals surface area contributed by atoms with Crippen LogP contribution in [0.2, 0.25) is 10.0 Å². The molecular formula is C38H41Cl2N3O5S2. The van der Waals surface area contributed by atoms with Gasteiger partial charge in [-0.05, 0) is 92.2 Å². The van der Waals surface area contributed by atoms with Crippen molar-refractivity contribution in [3.63, 3.8) is 0 Å². The topological polar surface area (TPSA) is 96.0 Å². The summed E-state index contributed by atoms with van der Waals surface area (Å²) in [6.07, 6.45) is 5.83. The van der Waals surface area contributed by atoms with Crippen molar-refractivity contribution in [3.05, 3.63) is 118 Å². The minimum Gasteiger partial charge on any atom is -0.494 e. The quantitative estimate of drug-likeness (QED) is 0.124. The molecule has 0 bridgehead atoms. The van der Waals surface area contributed by atoms with E-state index in [1.54, 1.807) is 54.6 Å². The van der Waals surface area contributed by atoms with Crippen molar-refractivity contribution < 1.29 is 22.7 Å². The minimum atomic E-state index is -4.26. The maximum atomic E-state index is 14.8. The summed E-state index contributed by atoms with van der Waals surface area (Å²) in [5.74, 6) is -0.354. The average molecular weight is 755 g/mol. The molecule has 0 spiro atoms. The molecule has 0 unspecified atom stereocenters. The molecule has 0 saturated heterocycles. The van der Waals surface area contributed by atoms with Gasteiger partial charge in [0.2, 0.25) is 11.8 Å². The molecule has 2 amide bonds. The van der Waals surface area contributed by atoms with Crippen LogP contribution in [0.4, 0.5) is 5.69 Å². The highest BCUT2D eigenvalue weighted by molar-refractivity contribution is 7.98. The van der Waals surface area contributed by atoms with Gasteiger partial charge in [-0.2, -0.15) is 0 Å². The van der Waals surface area contributed by atoms with Gasteiger partial charge in [0, 0.05) is 39.5 Å². The zero-order chi connectivity index (χ0) is 35.7. The summed E-state index contributed by atoms with van der Waals surface area (Å²) < 4.78 is 35.5. The van der Waals surface area contributed by atoms with E-state index in [-0.39, 0.29) is 35.5 Å². The van der Waals surface area contributed by atoms with Crippen molar-refractivity contribution in [3.8, 4) is 5.75 Å². The van der Waals surface area contributed by atoms with Crippen LogP contribution in [-0.4, -0.2) is 56.6 Å². The monoisotopic (exact) mass is 753 g/mol. The zero-order valence-corrected chi connectivity index (χ0v) is 31.2. The van der Waals surface area contributed by atoms with Gasteiger partial charge in [-0.1, -0.05) is 72.4 Å². The molecule has 4 aromatic rings. The van der Waals surface area contributed by atoms with E-state index in [4.69, 9.17) is 27.9 Å². The van der Waals surface area contributed by atoms with Crippen molar-refractivity contribution in [2.24, 2.45) is 0 Å². The van der Waals surface area contributed by atoms with Crippen LogP contribution >= 0.6 is 35.0 Å². The molecule has 5 rings (SSSR count). The molecule has 1 saturated carbocycles. The van der Waals surface area contributed by atoms with Crippen LogP contribution in [0.25, 0.3) is 0 Å². The lowest BCUT2D eigenvalue weighted by atomic mass is 10.0. The summed E-state index contributed by atoms with van der Waals surface area (Å²) in [4.78, 5) is 31.4. The third-order valence-electron chi connectivity index (χ3n) is 8.72. The lowest BCUT2D eigenvalue weighted by molar-refractivity contribution is -0.140. The number of nitrogens with zero attached hydrogens (tertiary/aromatic N) is 2. The number of thioether (sulfide) groups is 1. The Labute approximate surface area is 309 Å². The fraction of sp³-hybridized carbons (Fsp3) is 0.316. The lowest BCUT2D eigenvalue weighted by Gasteiger charge is -2.34. The first-order valence-electron chi connectivity index (χ1n) is 16.6. The SMILES string of the molecule is CCOc1ccc(N(CC(=O)N(Cc2c(Cl)cccc2Cl)[C@@H](Cc2ccccc2)C(=O)NC2CCCC2)S(=O)(=O)c2ccc(SC)cc2)cc1. The van der Waals surface area contributed by atoms with Crippen LogP contribution < -0.4 is 14.4 Å². The Balaban J connectivity index is 1.59. The van der Waals surface area contributed by atoms with E-state index in [2.05, 4.69) is 5.32 Å². The maximum absolute atomic E-state index is 14.8. The van der Waals surface area contributed by atoms with Crippen LogP contribution in [0.3, 0.4) is 0 Å². The Bertz CT molecular complexity index is 1830. The van der Waals surface area contributed by atoms with Gasteiger partial charge in [0.15, 0.2) is 0 Å². The molecule has 1 atom stereocenters. The van der Waals surface area contributed by atoms with Crippen molar-refractivity contribution in [1.29, 1.82) is 0 Å². The lowest BCUT2D eigenvalue weighted by Crippen LogP contribution is -2.54. The molecule has 50 heavy (non-hydrogen) atoms. The Morgan fingerprint density at radius 1 is 0.900 bits per heavy atom. The third-order valence-corrected chi connectivity index (χ3v) is 12.0. The average Bonchev–Trinajstić information content (AvgIpc) is 3.63. The Morgan fingerprint density at radius 2 is 1.54 bits per heavy atom. The zero-order valence-electron chi connectivity index (χ0n) is 28.1. The molecule has 0 aromatic heterocycles. The van der Waals surface area contributed by atoms with Crippen molar-refractivity contribution in [2.45, 2.75) is 67.4 Å². The van der Waals surface area contributed by atoms with E-state index in [0.717, 1.165) is 40.4 Å². The van der Waals surface area contributed by atoms with Crippen LogP contribution in [0.5, 0.6) is 5.75 Å². The fourth-order valence-corrected chi connectivity index (χ4v) is 8.39. The van der Waals surface area contributed by atoms with E-state index in [9.17, 15) is 18.0 Å². The molecular weight excluding hydrogens is 713 g/mol. The highest BCUT2D eigenvalue weighted by atomic mass is 35.5. The number of carbonyl (C=O) groups excluding carboxylic acids is 2. The van der Waals surface area contributed by atoms with E-state index in [1.807, 2.05) is 43.5 Å². The van der Waals surface area contributed by atoms with E-state index in [0.29, 0.717) is 28.0 Å². The number of nitrogens with one attached hydrogen (secondary N) is 1. The molecule has 12 heteroatoms. The normalized spacial score (nSPS) is 13.8. The van der Waals surface area contributed by atoms with Gasteiger partial charge in [0.25, 0.3) is 10.0 Å². The van der Waals surface area contributed by atoms with Crippen molar-refractivity contribution in [2.75, 3.05) is 23.7 Å². The van der Waals surface area contributed by atoms with E-state index < -0.39 is 28.5 Å². The Kier molecular flexibility index (Phi) is 13.1. The van der Waals surface area contributed by atoms with Gasteiger partial charge < -0.3 is 15.0 Å². The number of benzene rings is 4. The molecule has 0 aliphatic heterocycles. The number of hydrogen-bond donors (Lipinski definition) is 1. The molecule has 264 valence electrons. The van der Waals surface area contributed by atoms with Gasteiger partial charge in [0.1, 0.15) is 18.3 Å². The van der Waals surface area contributed by atoms with Crippen LogP contribution in [0, 0.1) is 0 Å². The Morgan fingerprint density at radius 3 is 2.14 bits per heavy atom. The molecule has 0 radical (unpaired) electrons. The summed E-state index contributed by atoms with van der Waals surface area (Å²) in [5.41, 5.74) is 1.56. The smallest absolute Gasteiger partial charge is 0.264 e. The third kappa shape index (κ3) is 9.34. The molecule has 1 N–H and O–H groups in total. The predicted octanol–water partition coefficient (Wildman–Crippen LogP) is 8.01. The Hall–Kier alpha value is -3.70. The van der Waals surface area contributed by atoms with Crippen molar-refractivity contribution >= 4 is 62.5 Å². The molecule has 1 aliphatic rings. The van der Waals surface area contributed by atoms with Crippen LogP contribution in [-0.2, 0) is 32.6 Å². The number of hydrogen-bond acceptors (Lipinski definition) is 6. The first kappa shape index (κ1) is 37.6. The number of carbonyl (C=O) groups is 2. The van der Waals surface area contributed by atoms with Gasteiger partial charge in [0.05, 0.1) is 17.2 Å². The summed E-state index contributed by atoms with van der Waals surface area (Å²) in [6, 6.07) is 26.5. The van der Waals surface area contributed by atoms with Crippen LogP contribution in [0.15, 0.2) is 107 Å². The first-order chi connectivity index (χ1) is 24.1. The summed E-state index contributed by atoms with van der Waals surface area (Å²) >= 11 is 14.8. The number of halogens is 2. The number of ether oxygens (including phenoxy) is 1. The van der Waals surface area contributed by atoms with Gasteiger partial charge in [-0.3, -0.25) is 13.9 Å². The minimum absolute atomic E-state index is 0.00777. The van der Waals surface area contributed by atoms with E-state index >= 15 is 0 Å². The fourth-order valence-electron chi connectivity index (χ4n) is 6.05. The molecule has 1 aliphatic carbocycles. The summed E-state index contributed by atoms with van der Waals surface area (Å²) in [6.45, 7) is 1.58. The second-order valence-electron chi connectivity index (χ2n) is 12.0. The number of amides is 2. The second-order valence-corrected chi connectivity index (χ2v) is 15.6. The number of sulfonamides is 1. The first-order valence-corrected chi connectivity index (χ1v) is 20.0. The largest absolute Gasteiger partial charge is 0.494 e. The molecule has 1 fully saturated rings. The van der Waals surface area contributed by atoms with Crippen LogP contribution in [0.1, 0.15) is 43.7 Å². The molecule has 8 nitrogen and oxygen atoms in total.